The molecule has 2 heterocycles. The number of amides is 1. The van der Waals surface area contributed by atoms with Gasteiger partial charge in [-0.25, -0.2) is 4.79 Å². The molecule has 0 aliphatic rings. The Morgan fingerprint density at radius 2 is 1.92 bits per heavy atom. The summed E-state index contributed by atoms with van der Waals surface area (Å²) in [6.45, 7) is 5.05. The van der Waals surface area contributed by atoms with Gasteiger partial charge in [0, 0.05) is 25.6 Å². The van der Waals surface area contributed by atoms with Gasteiger partial charge in [0.15, 0.2) is 5.78 Å². The molecule has 1 atom stereocenters. The topological polar surface area (TPSA) is 73.2 Å². The van der Waals surface area contributed by atoms with Crippen LogP contribution in [0.25, 0.3) is 11.3 Å². The maximum absolute atomic E-state index is 13.6. The van der Waals surface area contributed by atoms with Crippen molar-refractivity contribution < 1.29 is 27.5 Å². The third kappa shape index (κ3) is 7.81. The number of benzene rings is 1. The van der Waals surface area contributed by atoms with E-state index in [1.165, 1.54) is 18.2 Å². The predicted octanol–water partition coefficient (Wildman–Crippen LogP) is 7.54. The molecule has 200 valence electrons. The molecule has 0 radical (unpaired) electrons. The zero-order chi connectivity index (χ0) is 27.5. The first-order chi connectivity index (χ1) is 17.2. The Balaban J connectivity index is 1.85. The highest BCUT2D eigenvalue weighted by molar-refractivity contribution is 9.10. The van der Waals surface area contributed by atoms with Crippen LogP contribution in [0.15, 0.2) is 41.0 Å². The number of aromatic nitrogens is 2. The van der Waals surface area contributed by atoms with Crippen LogP contribution < -0.4 is 5.32 Å². The molecule has 0 aliphatic heterocycles. The van der Waals surface area contributed by atoms with Crippen molar-refractivity contribution in [3.05, 3.63) is 61.3 Å². The molecule has 1 amide bonds. The van der Waals surface area contributed by atoms with Crippen LogP contribution in [0.1, 0.15) is 48.0 Å². The van der Waals surface area contributed by atoms with Gasteiger partial charge in [-0.05, 0) is 66.7 Å². The van der Waals surface area contributed by atoms with Gasteiger partial charge in [0.05, 0.1) is 26.8 Å². The molecule has 1 N–H and O–H groups in total. The molecular formula is C25H26BrClF3N3O3S. The van der Waals surface area contributed by atoms with Gasteiger partial charge < -0.3 is 10.1 Å². The maximum Gasteiger partial charge on any atom is 0.416 e. The smallest absolute Gasteiger partial charge is 0.416 e. The lowest BCUT2D eigenvalue weighted by molar-refractivity contribution is -0.138. The van der Waals surface area contributed by atoms with Crippen LogP contribution in [-0.4, -0.2) is 33.8 Å². The molecule has 0 saturated heterocycles. The number of thiophene rings is 1. The van der Waals surface area contributed by atoms with E-state index < -0.39 is 29.4 Å². The third-order valence-corrected chi connectivity index (χ3v) is 7.33. The number of carbonyl (C=O) groups excluding carboxylic acids is 2. The Kier molecular flexibility index (Phi) is 9.13. The van der Waals surface area contributed by atoms with Crippen molar-refractivity contribution in [2.45, 2.75) is 45.4 Å². The van der Waals surface area contributed by atoms with Gasteiger partial charge in [-0.3, -0.25) is 9.48 Å². The van der Waals surface area contributed by atoms with Gasteiger partial charge >= 0.3 is 12.3 Å². The quantitative estimate of drug-likeness (QED) is 0.264. The number of halogens is 5. The Bertz CT molecular complexity index is 1260. The van der Waals surface area contributed by atoms with E-state index in [1.807, 2.05) is 0 Å². The van der Waals surface area contributed by atoms with Crippen molar-refractivity contribution in [1.29, 1.82) is 0 Å². The zero-order valence-corrected chi connectivity index (χ0v) is 23.7. The molecule has 12 heteroatoms. The summed E-state index contributed by atoms with van der Waals surface area (Å²) in [7, 11) is 1.74. The van der Waals surface area contributed by atoms with E-state index in [4.69, 9.17) is 16.3 Å². The van der Waals surface area contributed by atoms with Crippen LogP contribution in [-0.2, 0) is 24.4 Å². The minimum atomic E-state index is -4.55. The molecule has 37 heavy (non-hydrogen) atoms. The van der Waals surface area contributed by atoms with Gasteiger partial charge in [-0.15, -0.1) is 11.3 Å². The monoisotopic (exact) mass is 619 g/mol. The molecule has 0 bridgehead atoms. The first-order valence-corrected chi connectivity index (χ1v) is 13.3. The number of carbonyl (C=O) groups is 2. The van der Waals surface area contributed by atoms with Crippen molar-refractivity contribution in [2.24, 2.45) is 13.0 Å². The molecule has 0 fully saturated rings. The summed E-state index contributed by atoms with van der Waals surface area (Å²) in [5.41, 5.74) is -0.160. The Labute approximate surface area is 230 Å². The van der Waals surface area contributed by atoms with Crippen molar-refractivity contribution in [3.63, 3.8) is 0 Å². The molecular weight excluding hydrogens is 595 g/mol. The summed E-state index contributed by atoms with van der Waals surface area (Å²) in [6.07, 6.45) is -3.82. The number of ketones is 1. The van der Waals surface area contributed by atoms with Crippen LogP contribution in [0.2, 0.25) is 4.34 Å². The van der Waals surface area contributed by atoms with Crippen LogP contribution in [0, 0.1) is 5.92 Å². The van der Waals surface area contributed by atoms with Crippen molar-refractivity contribution in [1.82, 2.24) is 15.1 Å². The predicted molar refractivity (Wildman–Crippen MR) is 141 cm³/mol. The molecule has 2 aromatic heterocycles. The van der Waals surface area contributed by atoms with Crippen molar-refractivity contribution in [3.8, 4) is 11.3 Å². The number of hydrogen-bond acceptors (Lipinski definition) is 5. The Morgan fingerprint density at radius 3 is 2.51 bits per heavy atom. The standard InChI is InChI=1S/C25H26BrClF3N3O3S/c1-24(2,3)36-23(35)31-12-14(9-15-7-5-6-8-17(15)25(28,29)30)10-19(34)20-11-16(22(27)37-20)21-18(26)13-32-33(21)4/h5-8,11,13-14H,9-10,12H2,1-4H3,(H,31,35)/t14-/m1/s1. The third-order valence-electron chi connectivity index (χ3n) is 5.35. The van der Waals surface area contributed by atoms with E-state index in [-0.39, 0.29) is 30.7 Å². The van der Waals surface area contributed by atoms with Gasteiger partial charge in [0.1, 0.15) is 9.94 Å². The average molecular weight is 621 g/mol. The summed E-state index contributed by atoms with van der Waals surface area (Å²) < 4.78 is 48.7. The first kappa shape index (κ1) is 29.2. The number of nitrogens with one attached hydrogen (secondary N) is 1. The lowest BCUT2D eigenvalue weighted by Gasteiger charge is -2.22. The number of ether oxygens (including phenoxy) is 1. The van der Waals surface area contributed by atoms with E-state index in [2.05, 4.69) is 26.3 Å². The Morgan fingerprint density at radius 1 is 1.24 bits per heavy atom. The summed E-state index contributed by atoms with van der Waals surface area (Å²) in [6, 6.07) is 6.87. The number of rotatable bonds is 8. The molecule has 0 saturated carbocycles. The van der Waals surface area contributed by atoms with Crippen LogP contribution in [0.5, 0.6) is 0 Å². The number of Topliss-reactive ketones (excluding diaryl/α,β-unsaturated/α-hetero) is 1. The Hall–Kier alpha value is -2.37. The molecule has 0 unspecified atom stereocenters. The second kappa shape index (κ2) is 11.6. The lowest BCUT2D eigenvalue weighted by atomic mass is 9.91. The highest BCUT2D eigenvalue weighted by atomic mass is 79.9. The summed E-state index contributed by atoms with van der Waals surface area (Å²) in [4.78, 5) is 25.8. The minimum Gasteiger partial charge on any atom is -0.444 e. The normalized spacial score (nSPS) is 12.9. The van der Waals surface area contributed by atoms with E-state index in [1.54, 1.807) is 44.8 Å². The summed E-state index contributed by atoms with van der Waals surface area (Å²) in [5, 5.41) is 6.76. The molecule has 0 spiro atoms. The van der Waals surface area contributed by atoms with Crippen LogP contribution >= 0.6 is 38.9 Å². The van der Waals surface area contributed by atoms with E-state index in [0.29, 0.717) is 24.9 Å². The minimum absolute atomic E-state index is 0.0440. The molecule has 6 nitrogen and oxygen atoms in total. The number of aryl methyl sites for hydroxylation is 1. The highest BCUT2D eigenvalue weighted by Crippen LogP contribution is 2.39. The molecule has 3 rings (SSSR count). The van der Waals surface area contributed by atoms with Crippen LogP contribution in [0.4, 0.5) is 18.0 Å². The number of hydrogen-bond donors (Lipinski definition) is 1. The fourth-order valence-corrected chi connectivity index (χ4v) is 5.58. The van der Waals surface area contributed by atoms with Gasteiger partial charge in [-0.2, -0.15) is 18.3 Å². The largest absolute Gasteiger partial charge is 0.444 e. The molecule has 1 aromatic carbocycles. The summed E-state index contributed by atoms with van der Waals surface area (Å²) in [5.74, 6) is -0.923. The second-order valence-corrected chi connectivity index (χ2v) is 12.0. The molecule has 0 aliphatic carbocycles. The van der Waals surface area contributed by atoms with Crippen molar-refractivity contribution >= 4 is 50.7 Å². The fraction of sp³-hybridized carbons (Fsp3) is 0.400. The zero-order valence-electron chi connectivity index (χ0n) is 20.6. The number of alkyl carbamates (subject to hydrolysis) is 1. The fourth-order valence-electron chi connectivity index (χ4n) is 3.79. The van der Waals surface area contributed by atoms with Crippen LogP contribution in [0.3, 0.4) is 0 Å². The van der Waals surface area contributed by atoms with Crippen molar-refractivity contribution in [2.75, 3.05) is 6.54 Å². The number of alkyl halides is 3. The second-order valence-electron chi connectivity index (χ2n) is 9.50. The number of nitrogens with zero attached hydrogens (tertiary/aromatic N) is 2. The molecule has 3 aromatic rings. The maximum atomic E-state index is 13.6. The van der Waals surface area contributed by atoms with Gasteiger partial charge in [-0.1, -0.05) is 29.8 Å². The van der Waals surface area contributed by atoms with Gasteiger partial charge in [0.25, 0.3) is 0 Å². The SMILES string of the molecule is Cn1ncc(Br)c1-c1cc(C(=O)C[C@H](CNC(=O)OC(C)(C)C)Cc2ccccc2C(F)(F)F)sc1Cl. The highest BCUT2D eigenvalue weighted by Gasteiger charge is 2.34. The first-order valence-electron chi connectivity index (χ1n) is 11.3. The van der Waals surface area contributed by atoms with E-state index >= 15 is 0 Å². The lowest BCUT2D eigenvalue weighted by Crippen LogP contribution is -2.36. The van der Waals surface area contributed by atoms with E-state index in [0.717, 1.165) is 17.4 Å². The van der Waals surface area contributed by atoms with Gasteiger partial charge in [0.2, 0.25) is 0 Å². The average Bonchev–Trinajstić information content (AvgIpc) is 3.31. The van der Waals surface area contributed by atoms with E-state index in [9.17, 15) is 22.8 Å². The summed E-state index contributed by atoms with van der Waals surface area (Å²) >= 11 is 10.9.